The molecule has 0 unspecified atom stereocenters. The Morgan fingerprint density at radius 1 is 1.03 bits per heavy atom. The number of nitrogens with one attached hydrogen (secondary N) is 1. The predicted octanol–water partition coefficient (Wildman–Crippen LogP) is 3.05. The van der Waals surface area contributed by atoms with E-state index < -0.39 is 0 Å². The van der Waals surface area contributed by atoms with Gasteiger partial charge < -0.3 is 9.80 Å². The first kappa shape index (κ1) is 20.6. The van der Waals surface area contributed by atoms with Gasteiger partial charge in [0.15, 0.2) is 0 Å². The first-order valence-corrected chi connectivity index (χ1v) is 11.3. The molecule has 2 saturated heterocycles. The van der Waals surface area contributed by atoms with Gasteiger partial charge in [-0.2, -0.15) is 10.2 Å². The Labute approximate surface area is 177 Å². The van der Waals surface area contributed by atoms with E-state index in [9.17, 15) is 9.59 Å². The summed E-state index contributed by atoms with van der Waals surface area (Å²) in [6, 6.07) is 0. The number of amides is 2. The van der Waals surface area contributed by atoms with Gasteiger partial charge in [-0.25, -0.2) is 0 Å². The van der Waals surface area contributed by atoms with Crippen LogP contribution in [-0.2, 0) is 6.54 Å². The van der Waals surface area contributed by atoms with Crippen LogP contribution in [0.25, 0.3) is 0 Å². The van der Waals surface area contributed by atoms with E-state index in [1.54, 1.807) is 12.4 Å². The molecule has 8 nitrogen and oxygen atoms in total. The van der Waals surface area contributed by atoms with Crippen LogP contribution < -0.4 is 0 Å². The molecule has 1 atom stereocenters. The van der Waals surface area contributed by atoms with Crippen molar-refractivity contribution in [3.8, 4) is 0 Å². The van der Waals surface area contributed by atoms with Crippen molar-refractivity contribution in [2.45, 2.75) is 64.3 Å². The summed E-state index contributed by atoms with van der Waals surface area (Å²) >= 11 is 0. The van der Waals surface area contributed by atoms with Gasteiger partial charge in [-0.15, -0.1) is 0 Å². The number of aromatic nitrogens is 4. The molecule has 0 aromatic carbocycles. The molecule has 0 spiro atoms. The average Bonchev–Trinajstić information content (AvgIpc) is 3.36. The van der Waals surface area contributed by atoms with Crippen molar-refractivity contribution in [2.75, 3.05) is 26.2 Å². The standard InChI is InChI=1S/C22H32N6O2/c1-2-9-28-16-18(13-24-28)21(29)27-12-7-8-17(15-27)20-19(14-23-25-20)22(30)26-10-5-3-4-6-11-26/h13-14,16-17H,2-12,15H2,1H3,(H,23,25)/t17-/m0/s1. The summed E-state index contributed by atoms with van der Waals surface area (Å²) in [7, 11) is 0. The Morgan fingerprint density at radius 2 is 1.80 bits per heavy atom. The van der Waals surface area contributed by atoms with Crippen LogP contribution >= 0.6 is 0 Å². The maximum absolute atomic E-state index is 13.2. The number of aromatic amines is 1. The third-order valence-electron chi connectivity index (χ3n) is 6.24. The van der Waals surface area contributed by atoms with Gasteiger partial charge >= 0.3 is 0 Å². The molecule has 2 aliphatic rings. The van der Waals surface area contributed by atoms with Crippen LogP contribution in [0.2, 0.25) is 0 Å². The van der Waals surface area contributed by atoms with E-state index in [2.05, 4.69) is 22.2 Å². The zero-order valence-corrected chi connectivity index (χ0v) is 17.8. The molecule has 4 rings (SSSR count). The smallest absolute Gasteiger partial charge is 0.257 e. The molecule has 2 fully saturated rings. The highest BCUT2D eigenvalue weighted by molar-refractivity contribution is 5.95. The summed E-state index contributed by atoms with van der Waals surface area (Å²) in [6.07, 6.45) is 12.5. The Balaban J connectivity index is 1.46. The molecule has 30 heavy (non-hydrogen) atoms. The molecule has 0 saturated carbocycles. The van der Waals surface area contributed by atoms with Crippen LogP contribution in [0.3, 0.4) is 0 Å². The fourth-order valence-electron chi connectivity index (χ4n) is 4.63. The highest BCUT2D eigenvalue weighted by Crippen LogP contribution is 2.29. The molecule has 1 N–H and O–H groups in total. The second kappa shape index (κ2) is 9.45. The van der Waals surface area contributed by atoms with Crippen LogP contribution in [0, 0.1) is 0 Å². The molecule has 8 heteroatoms. The van der Waals surface area contributed by atoms with E-state index in [4.69, 9.17) is 0 Å². The van der Waals surface area contributed by atoms with Gasteiger partial charge in [0.1, 0.15) is 0 Å². The fraction of sp³-hybridized carbons (Fsp3) is 0.636. The van der Waals surface area contributed by atoms with Crippen molar-refractivity contribution in [1.29, 1.82) is 0 Å². The van der Waals surface area contributed by atoms with Gasteiger partial charge in [-0.3, -0.25) is 19.4 Å². The van der Waals surface area contributed by atoms with Crippen LogP contribution in [0.4, 0.5) is 0 Å². The Hall–Kier alpha value is -2.64. The zero-order chi connectivity index (χ0) is 20.9. The summed E-state index contributed by atoms with van der Waals surface area (Å²) in [5.41, 5.74) is 2.19. The Bertz CT molecular complexity index is 865. The molecule has 0 bridgehead atoms. The number of rotatable bonds is 5. The molecule has 2 aromatic heterocycles. The Morgan fingerprint density at radius 3 is 2.57 bits per heavy atom. The molecule has 2 aromatic rings. The highest BCUT2D eigenvalue weighted by atomic mass is 16.2. The summed E-state index contributed by atoms with van der Waals surface area (Å²) < 4.78 is 1.82. The summed E-state index contributed by atoms with van der Waals surface area (Å²) in [4.78, 5) is 30.0. The first-order valence-electron chi connectivity index (χ1n) is 11.3. The number of carbonyl (C=O) groups excluding carboxylic acids is 2. The van der Waals surface area contributed by atoms with E-state index in [-0.39, 0.29) is 17.7 Å². The topological polar surface area (TPSA) is 87.1 Å². The lowest BCUT2D eigenvalue weighted by Crippen LogP contribution is -2.40. The third-order valence-corrected chi connectivity index (χ3v) is 6.24. The predicted molar refractivity (Wildman–Crippen MR) is 113 cm³/mol. The number of nitrogens with zero attached hydrogens (tertiary/aromatic N) is 5. The van der Waals surface area contributed by atoms with E-state index >= 15 is 0 Å². The number of hydrogen-bond acceptors (Lipinski definition) is 4. The van der Waals surface area contributed by atoms with Crippen LogP contribution in [0.15, 0.2) is 18.6 Å². The van der Waals surface area contributed by atoms with Gasteiger partial charge in [0, 0.05) is 44.8 Å². The van der Waals surface area contributed by atoms with Crippen molar-refractivity contribution < 1.29 is 9.59 Å². The quantitative estimate of drug-likeness (QED) is 0.818. The average molecular weight is 413 g/mol. The van der Waals surface area contributed by atoms with Crippen LogP contribution in [0.1, 0.15) is 84.2 Å². The molecule has 2 aliphatic heterocycles. The number of hydrogen-bond donors (Lipinski definition) is 1. The number of piperidine rings is 1. The van der Waals surface area contributed by atoms with E-state index in [0.717, 1.165) is 64.0 Å². The van der Waals surface area contributed by atoms with Gasteiger partial charge in [-0.05, 0) is 32.1 Å². The minimum atomic E-state index is 0.0157. The second-order valence-electron chi connectivity index (χ2n) is 8.49. The van der Waals surface area contributed by atoms with Crippen molar-refractivity contribution in [3.05, 3.63) is 35.4 Å². The number of carbonyl (C=O) groups is 2. The molecule has 0 aliphatic carbocycles. The van der Waals surface area contributed by atoms with Gasteiger partial charge in [0.05, 0.1) is 29.2 Å². The van der Waals surface area contributed by atoms with Gasteiger partial charge in [0.2, 0.25) is 0 Å². The van der Waals surface area contributed by atoms with Crippen LogP contribution in [0.5, 0.6) is 0 Å². The van der Waals surface area contributed by atoms with E-state index in [1.807, 2.05) is 20.7 Å². The largest absolute Gasteiger partial charge is 0.339 e. The van der Waals surface area contributed by atoms with Crippen molar-refractivity contribution in [1.82, 2.24) is 29.8 Å². The zero-order valence-electron chi connectivity index (χ0n) is 17.8. The lowest BCUT2D eigenvalue weighted by Gasteiger charge is -2.32. The first-order chi connectivity index (χ1) is 14.7. The van der Waals surface area contributed by atoms with Gasteiger partial charge in [-0.1, -0.05) is 19.8 Å². The number of aryl methyl sites for hydroxylation is 1. The number of likely N-dealkylation sites (tertiary alicyclic amines) is 2. The SMILES string of the molecule is CCCn1cc(C(=O)N2CCC[C@H](c3[nH]ncc3C(=O)N3CCCCCC3)C2)cn1. The normalized spacial score (nSPS) is 20.2. The van der Waals surface area contributed by atoms with Crippen molar-refractivity contribution in [3.63, 3.8) is 0 Å². The molecular formula is C22H32N6O2. The maximum Gasteiger partial charge on any atom is 0.257 e. The van der Waals surface area contributed by atoms with E-state index in [0.29, 0.717) is 17.7 Å². The summed E-state index contributed by atoms with van der Waals surface area (Å²) in [5.74, 6) is 0.189. The summed E-state index contributed by atoms with van der Waals surface area (Å²) in [5, 5.41) is 11.6. The van der Waals surface area contributed by atoms with E-state index in [1.165, 1.54) is 12.8 Å². The fourth-order valence-corrected chi connectivity index (χ4v) is 4.63. The summed E-state index contributed by atoms with van der Waals surface area (Å²) in [6.45, 7) is 5.87. The van der Waals surface area contributed by atoms with Crippen molar-refractivity contribution in [2.24, 2.45) is 0 Å². The molecular weight excluding hydrogens is 380 g/mol. The second-order valence-corrected chi connectivity index (χ2v) is 8.49. The molecule has 4 heterocycles. The lowest BCUT2D eigenvalue weighted by molar-refractivity contribution is 0.0704. The highest BCUT2D eigenvalue weighted by Gasteiger charge is 2.31. The monoisotopic (exact) mass is 412 g/mol. The third kappa shape index (κ3) is 4.42. The molecule has 2 amide bonds. The maximum atomic E-state index is 13.2. The number of H-pyrrole nitrogens is 1. The minimum absolute atomic E-state index is 0.0157. The van der Waals surface area contributed by atoms with Gasteiger partial charge in [0.25, 0.3) is 11.8 Å². The minimum Gasteiger partial charge on any atom is -0.339 e. The van der Waals surface area contributed by atoms with Crippen LogP contribution in [-0.4, -0.2) is 67.8 Å². The lowest BCUT2D eigenvalue weighted by atomic mass is 9.92. The Kier molecular flexibility index (Phi) is 6.50. The molecule has 162 valence electrons. The van der Waals surface area contributed by atoms with Crippen molar-refractivity contribution >= 4 is 11.8 Å². The molecule has 0 radical (unpaired) electrons.